The Balaban J connectivity index is 1.49. The normalized spacial score (nSPS) is 13.6. The summed E-state index contributed by atoms with van der Waals surface area (Å²) in [6, 6.07) is 5.78. The van der Waals surface area contributed by atoms with Gasteiger partial charge in [0.15, 0.2) is 23.1 Å². The first-order valence-corrected chi connectivity index (χ1v) is 9.75. The highest BCUT2D eigenvalue weighted by Gasteiger charge is 2.29. The van der Waals surface area contributed by atoms with Gasteiger partial charge in [0.25, 0.3) is 5.91 Å². The molecule has 31 heavy (non-hydrogen) atoms. The first-order valence-electron chi connectivity index (χ1n) is 9.75. The minimum atomic E-state index is -1.50. The number of aromatic nitrogens is 4. The molecule has 0 fully saturated rings. The molecular weight excluding hydrogens is 407 g/mol. The van der Waals surface area contributed by atoms with Gasteiger partial charge in [-0.1, -0.05) is 0 Å². The van der Waals surface area contributed by atoms with E-state index < -0.39 is 17.5 Å². The second kappa shape index (κ2) is 6.97. The van der Waals surface area contributed by atoms with Crippen molar-refractivity contribution >= 4 is 11.4 Å². The molecule has 1 aromatic carbocycles. The zero-order valence-electron chi connectivity index (χ0n) is 16.9. The average Bonchev–Trinajstić information content (AvgIpc) is 3.30. The fourth-order valence-electron chi connectivity index (χ4n) is 4.15. The number of rotatable bonds is 2. The Labute approximate surface area is 175 Å². The Hall–Kier alpha value is -3.62. The number of fused-ring (bicyclic) bond motifs is 2. The number of amides is 1. The third-order valence-corrected chi connectivity index (χ3v) is 5.64. The lowest BCUT2D eigenvalue weighted by Crippen LogP contribution is -2.36. The van der Waals surface area contributed by atoms with Crippen LogP contribution in [0.15, 0.2) is 36.8 Å². The fraction of sp³-hybridized carbons (Fsp3) is 0.227. The summed E-state index contributed by atoms with van der Waals surface area (Å²) in [5.74, 6) is -4.21. The van der Waals surface area contributed by atoms with E-state index in [0.29, 0.717) is 30.0 Å². The first-order chi connectivity index (χ1) is 14.8. The molecule has 0 aliphatic carbocycles. The lowest BCUT2D eigenvalue weighted by atomic mass is 9.99. The summed E-state index contributed by atoms with van der Waals surface area (Å²) < 4.78 is 44.2. The zero-order chi connectivity index (χ0) is 21.9. The van der Waals surface area contributed by atoms with Gasteiger partial charge in [-0.05, 0) is 43.2 Å². The highest BCUT2D eigenvalue weighted by molar-refractivity contribution is 5.99. The maximum Gasteiger partial charge on any atom is 0.275 e. The molecule has 0 saturated heterocycles. The SMILES string of the molecule is Cc1ccn2cnc(C(=O)N3CCc4c(nn(C)c4-c4cc(F)c(F)c(F)c4)C3)c2c1. The molecule has 6 nitrogen and oxygen atoms in total. The summed E-state index contributed by atoms with van der Waals surface area (Å²) in [6.45, 7) is 2.60. The highest BCUT2D eigenvalue weighted by Crippen LogP contribution is 2.32. The van der Waals surface area contributed by atoms with Gasteiger partial charge < -0.3 is 9.30 Å². The van der Waals surface area contributed by atoms with Gasteiger partial charge in [0.2, 0.25) is 0 Å². The van der Waals surface area contributed by atoms with Crippen LogP contribution in [0.3, 0.4) is 0 Å². The predicted molar refractivity (Wildman–Crippen MR) is 107 cm³/mol. The summed E-state index contributed by atoms with van der Waals surface area (Å²) in [6.07, 6.45) is 3.91. The zero-order valence-corrected chi connectivity index (χ0v) is 16.9. The average molecular weight is 425 g/mol. The molecule has 1 amide bonds. The Morgan fingerprint density at radius 3 is 2.61 bits per heavy atom. The van der Waals surface area contributed by atoms with Crippen LogP contribution in [-0.4, -0.2) is 36.5 Å². The van der Waals surface area contributed by atoms with Crippen molar-refractivity contribution in [1.29, 1.82) is 0 Å². The van der Waals surface area contributed by atoms with E-state index in [1.54, 1.807) is 22.7 Å². The second-order valence-electron chi connectivity index (χ2n) is 7.72. The maximum absolute atomic E-state index is 13.8. The standard InChI is InChI=1S/C22H18F3N5O/c1-12-3-5-30-11-26-20(18(30)7-12)22(31)29-6-4-14-17(10-29)27-28(2)21(14)13-8-15(23)19(25)16(24)9-13/h3,5,7-9,11H,4,6,10H2,1-2H3. The molecule has 9 heteroatoms. The van der Waals surface area contributed by atoms with Crippen LogP contribution in [0.1, 0.15) is 27.3 Å². The number of pyridine rings is 1. The lowest BCUT2D eigenvalue weighted by molar-refractivity contribution is 0.0729. The van der Waals surface area contributed by atoms with Crippen LogP contribution < -0.4 is 0 Å². The Morgan fingerprint density at radius 1 is 1.13 bits per heavy atom. The molecule has 158 valence electrons. The summed E-state index contributed by atoms with van der Waals surface area (Å²) in [7, 11) is 1.66. The van der Waals surface area contributed by atoms with Crippen molar-refractivity contribution in [2.75, 3.05) is 6.54 Å². The van der Waals surface area contributed by atoms with E-state index >= 15 is 0 Å². The number of carbonyl (C=O) groups excluding carboxylic acids is 1. The van der Waals surface area contributed by atoms with E-state index in [4.69, 9.17) is 0 Å². The highest BCUT2D eigenvalue weighted by atomic mass is 19.2. The summed E-state index contributed by atoms with van der Waals surface area (Å²) in [5.41, 5.74) is 4.28. The van der Waals surface area contributed by atoms with Crippen LogP contribution >= 0.6 is 0 Å². The quantitative estimate of drug-likeness (QED) is 0.461. The van der Waals surface area contributed by atoms with Gasteiger partial charge in [0.05, 0.1) is 23.4 Å². The Bertz CT molecular complexity index is 1330. The number of benzene rings is 1. The lowest BCUT2D eigenvalue weighted by Gasteiger charge is -2.26. The van der Waals surface area contributed by atoms with Crippen molar-refractivity contribution < 1.29 is 18.0 Å². The van der Waals surface area contributed by atoms with Crippen molar-refractivity contribution in [3.05, 3.63) is 76.8 Å². The number of nitrogens with zero attached hydrogens (tertiary/aromatic N) is 5. The largest absolute Gasteiger partial charge is 0.331 e. The molecule has 0 radical (unpaired) electrons. The molecule has 0 N–H and O–H groups in total. The van der Waals surface area contributed by atoms with Crippen molar-refractivity contribution in [3.8, 4) is 11.3 Å². The monoisotopic (exact) mass is 425 g/mol. The molecule has 4 aromatic rings. The molecule has 5 rings (SSSR count). The maximum atomic E-state index is 13.8. The molecule has 4 heterocycles. The van der Waals surface area contributed by atoms with Gasteiger partial charge in [-0.25, -0.2) is 18.2 Å². The van der Waals surface area contributed by atoms with E-state index in [2.05, 4.69) is 10.1 Å². The van der Waals surface area contributed by atoms with Crippen molar-refractivity contribution in [2.45, 2.75) is 19.9 Å². The summed E-state index contributed by atoms with van der Waals surface area (Å²) >= 11 is 0. The summed E-state index contributed by atoms with van der Waals surface area (Å²) in [5, 5.41) is 4.46. The van der Waals surface area contributed by atoms with E-state index in [-0.39, 0.29) is 18.0 Å². The topological polar surface area (TPSA) is 55.4 Å². The van der Waals surface area contributed by atoms with Gasteiger partial charge >= 0.3 is 0 Å². The van der Waals surface area contributed by atoms with Crippen LogP contribution in [0.4, 0.5) is 13.2 Å². The van der Waals surface area contributed by atoms with E-state index in [1.165, 1.54) is 4.68 Å². The van der Waals surface area contributed by atoms with Crippen LogP contribution in [0.25, 0.3) is 16.8 Å². The molecule has 1 aliphatic rings. The number of hydrogen-bond donors (Lipinski definition) is 0. The van der Waals surface area contributed by atoms with Crippen molar-refractivity contribution in [2.24, 2.45) is 7.05 Å². The minimum Gasteiger partial charge on any atom is -0.331 e. The van der Waals surface area contributed by atoms with Crippen LogP contribution in [0.2, 0.25) is 0 Å². The third-order valence-electron chi connectivity index (χ3n) is 5.64. The van der Waals surface area contributed by atoms with Gasteiger partial charge in [-0.3, -0.25) is 9.48 Å². The number of halogens is 3. The molecule has 0 spiro atoms. The van der Waals surface area contributed by atoms with E-state index in [9.17, 15) is 18.0 Å². The molecule has 0 saturated carbocycles. The molecule has 0 atom stereocenters. The van der Waals surface area contributed by atoms with Crippen LogP contribution in [0.5, 0.6) is 0 Å². The molecule has 1 aliphatic heterocycles. The van der Waals surface area contributed by atoms with Crippen LogP contribution in [0, 0.1) is 24.4 Å². The Kier molecular flexibility index (Phi) is 4.35. The van der Waals surface area contributed by atoms with Crippen LogP contribution in [-0.2, 0) is 20.0 Å². The molecule has 0 unspecified atom stereocenters. The smallest absolute Gasteiger partial charge is 0.275 e. The summed E-state index contributed by atoms with van der Waals surface area (Å²) in [4.78, 5) is 19.1. The van der Waals surface area contributed by atoms with E-state index in [0.717, 1.165) is 28.8 Å². The number of carbonyl (C=O) groups is 1. The fourth-order valence-corrected chi connectivity index (χ4v) is 4.15. The van der Waals surface area contributed by atoms with Crippen molar-refractivity contribution in [3.63, 3.8) is 0 Å². The second-order valence-corrected chi connectivity index (χ2v) is 7.72. The van der Waals surface area contributed by atoms with Gasteiger partial charge in [0.1, 0.15) is 6.33 Å². The van der Waals surface area contributed by atoms with E-state index in [1.807, 2.05) is 25.3 Å². The van der Waals surface area contributed by atoms with Gasteiger partial charge in [-0.2, -0.15) is 5.10 Å². The molecule has 3 aromatic heterocycles. The van der Waals surface area contributed by atoms with Gasteiger partial charge in [0, 0.05) is 30.9 Å². The van der Waals surface area contributed by atoms with Crippen molar-refractivity contribution in [1.82, 2.24) is 24.1 Å². The Morgan fingerprint density at radius 2 is 1.87 bits per heavy atom. The third kappa shape index (κ3) is 3.08. The number of imidazole rings is 1. The minimum absolute atomic E-state index is 0.204. The molecule has 0 bridgehead atoms. The van der Waals surface area contributed by atoms with Gasteiger partial charge in [-0.15, -0.1) is 0 Å². The first kappa shape index (κ1) is 19.3. The number of aryl methyl sites for hydroxylation is 2. The number of hydrogen-bond acceptors (Lipinski definition) is 3. The predicted octanol–water partition coefficient (Wildman–Crippen LogP) is 3.66. The molecular formula is C22H18F3N5O.